The first-order valence-corrected chi connectivity index (χ1v) is 12.0. The first-order chi connectivity index (χ1) is 16.0. The molecule has 9 heteroatoms. The molecule has 0 aromatic heterocycles. The summed E-state index contributed by atoms with van der Waals surface area (Å²) in [7, 11) is 0. The van der Waals surface area contributed by atoms with E-state index in [-0.39, 0.29) is 36.1 Å². The van der Waals surface area contributed by atoms with Gasteiger partial charge in [-0.2, -0.15) is 0 Å². The summed E-state index contributed by atoms with van der Waals surface area (Å²) in [6.45, 7) is 3.49. The summed E-state index contributed by atoms with van der Waals surface area (Å²) in [6, 6.07) is 5.44. The molecule has 2 atom stereocenters. The van der Waals surface area contributed by atoms with E-state index in [4.69, 9.17) is 0 Å². The van der Waals surface area contributed by atoms with Gasteiger partial charge in [-0.25, -0.2) is 0 Å². The Hall–Kier alpha value is -2.78. The number of nitrogens with one attached hydrogen (secondary N) is 3. The van der Waals surface area contributed by atoms with Crippen LogP contribution in [0.5, 0.6) is 0 Å². The number of fused-ring (bicyclic) bond motifs is 1. The molecule has 4 aliphatic rings. The fraction of sp³-hybridized carbons (Fsp3) is 0.583. The maximum atomic E-state index is 13.0. The molecular weight excluding hydrogens is 422 g/mol. The maximum Gasteiger partial charge on any atom is 0.255 e. The number of hydrogen-bond donors (Lipinski definition) is 3. The van der Waals surface area contributed by atoms with Crippen LogP contribution in [0.3, 0.4) is 0 Å². The molecule has 176 valence electrons. The van der Waals surface area contributed by atoms with Crippen molar-refractivity contribution >= 4 is 23.6 Å². The van der Waals surface area contributed by atoms with E-state index >= 15 is 0 Å². The number of rotatable bonds is 5. The summed E-state index contributed by atoms with van der Waals surface area (Å²) in [6.07, 6.45) is 4.45. The lowest BCUT2D eigenvalue weighted by Crippen LogP contribution is -2.52. The standard InChI is InChI=1S/C24H31N5O4/c30-21-7-6-20(22(31)27-21)29-14-18-15(3-1-4-17(18)23(29)32)13-26-16-8-11-28(12-9-16)24(33)19-5-2-10-25-19/h1,3-4,16,19-20,25-26H,2,5-14H2,(H,27,30,31)/t19-,20?/m0/s1. The first-order valence-electron chi connectivity index (χ1n) is 12.0. The van der Waals surface area contributed by atoms with Crippen LogP contribution in [-0.4, -0.2) is 71.2 Å². The predicted molar refractivity (Wildman–Crippen MR) is 120 cm³/mol. The summed E-state index contributed by atoms with van der Waals surface area (Å²) in [4.78, 5) is 52.9. The summed E-state index contributed by atoms with van der Waals surface area (Å²) in [5.41, 5.74) is 2.66. The normalized spacial score (nSPS) is 26.0. The van der Waals surface area contributed by atoms with Crippen molar-refractivity contribution in [2.45, 2.75) is 69.7 Å². The van der Waals surface area contributed by atoms with Crippen LogP contribution in [0, 0.1) is 0 Å². The lowest BCUT2D eigenvalue weighted by molar-refractivity contribution is -0.137. The third kappa shape index (κ3) is 4.39. The molecule has 4 amide bonds. The smallest absolute Gasteiger partial charge is 0.255 e. The van der Waals surface area contributed by atoms with Gasteiger partial charge in [0.25, 0.3) is 5.91 Å². The second-order valence-corrected chi connectivity index (χ2v) is 9.47. The number of carbonyl (C=O) groups is 4. The lowest BCUT2D eigenvalue weighted by atomic mass is 10.0. The molecule has 4 heterocycles. The van der Waals surface area contributed by atoms with E-state index < -0.39 is 6.04 Å². The van der Waals surface area contributed by atoms with E-state index in [1.165, 1.54) is 0 Å². The highest BCUT2D eigenvalue weighted by Crippen LogP contribution is 2.30. The number of imide groups is 1. The summed E-state index contributed by atoms with van der Waals surface area (Å²) in [5, 5.41) is 9.25. The van der Waals surface area contributed by atoms with E-state index in [0.717, 1.165) is 56.4 Å². The molecule has 9 nitrogen and oxygen atoms in total. The monoisotopic (exact) mass is 453 g/mol. The van der Waals surface area contributed by atoms with Gasteiger partial charge in [0.15, 0.2) is 0 Å². The molecule has 0 radical (unpaired) electrons. The number of nitrogens with zero attached hydrogens (tertiary/aromatic N) is 2. The quantitative estimate of drug-likeness (QED) is 0.553. The largest absolute Gasteiger partial charge is 0.341 e. The molecule has 4 aliphatic heterocycles. The molecule has 0 saturated carbocycles. The van der Waals surface area contributed by atoms with Crippen molar-refractivity contribution in [1.29, 1.82) is 0 Å². The van der Waals surface area contributed by atoms with Gasteiger partial charge in [0.05, 0.1) is 6.04 Å². The van der Waals surface area contributed by atoms with Gasteiger partial charge in [0.1, 0.15) is 6.04 Å². The maximum absolute atomic E-state index is 13.0. The topological polar surface area (TPSA) is 111 Å². The molecule has 33 heavy (non-hydrogen) atoms. The highest BCUT2D eigenvalue weighted by atomic mass is 16.2. The van der Waals surface area contributed by atoms with Crippen LogP contribution in [0.2, 0.25) is 0 Å². The Labute approximate surface area is 193 Å². The molecule has 1 aromatic carbocycles. The Morgan fingerprint density at radius 3 is 2.64 bits per heavy atom. The summed E-state index contributed by atoms with van der Waals surface area (Å²) in [5.74, 6) is -0.577. The van der Waals surface area contributed by atoms with Crippen LogP contribution in [0.15, 0.2) is 18.2 Å². The second kappa shape index (κ2) is 9.23. The summed E-state index contributed by atoms with van der Waals surface area (Å²) >= 11 is 0. The van der Waals surface area contributed by atoms with Crippen LogP contribution in [-0.2, 0) is 27.5 Å². The zero-order chi connectivity index (χ0) is 22.9. The third-order valence-corrected chi connectivity index (χ3v) is 7.43. The van der Waals surface area contributed by atoms with Gasteiger partial charge in [0, 0.05) is 44.2 Å². The molecule has 1 aromatic rings. The zero-order valence-corrected chi connectivity index (χ0v) is 18.8. The Morgan fingerprint density at radius 1 is 1.09 bits per heavy atom. The minimum atomic E-state index is -0.598. The SMILES string of the molecule is O=C1CCC(N2Cc3c(CNC4CCN(C(=O)[C@@H]5CCCN5)CC4)cccc3C2=O)C(=O)N1. The molecule has 3 N–H and O–H groups in total. The van der Waals surface area contributed by atoms with Crippen molar-refractivity contribution < 1.29 is 19.2 Å². The summed E-state index contributed by atoms with van der Waals surface area (Å²) < 4.78 is 0. The van der Waals surface area contributed by atoms with Crippen molar-refractivity contribution in [3.63, 3.8) is 0 Å². The van der Waals surface area contributed by atoms with Gasteiger partial charge in [-0.15, -0.1) is 0 Å². The molecule has 0 spiro atoms. The van der Waals surface area contributed by atoms with Crippen molar-refractivity contribution in [2.75, 3.05) is 19.6 Å². The van der Waals surface area contributed by atoms with Gasteiger partial charge in [-0.05, 0) is 55.8 Å². The highest BCUT2D eigenvalue weighted by Gasteiger charge is 2.39. The molecule has 1 unspecified atom stereocenters. The van der Waals surface area contributed by atoms with E-state index in [1.54, 1.807) is 4.90 Å². The molecule has 0 bridgehead atoms. The molecule has 5 rings (SSSR count). The van der Waals surface area contributed by atoms with Gasteiger partial charge in [-0.1, -0.05) is 12.1 Å². The van der Waals surface area contributed by atoms with E-state index in [1.807, 2.05) is 23.1 Å². The average molecular weight is 454 g/mol. The molecular formula is C24H31N5O4. The Balaban J connectivity index is 1.18. The van der Waals surface area contributed by atoms with Gasteiger partial charge < -0.3 is 20.4 Å². The Kier molecular flexibility index (Phi) is 6.16. The van der Waals surface area contributed by atoms with Crippen LogP contribution >= 0.6 is 0 Å². The average Bonchev–Trinajstić information content (AvgIpc) is 3.47. The van der Waals surface area contributed by atoms with Crippen LogP contribution < -0.4 is 16.0 Å². The van der Waals surface area contributed by atoms with Gasteiger partial charge in [0.2, 0.25) is 17.7 Å². The van der Waals surface area contributed by atoms with Crippen LogP contribution in [0.1, 0.15) is 60.0 Å². The van der Waals surface area contributed by atoms with Gasteiger partial charge >= 0.3 is 0 Å². The van der Waals surface area contributed by atoms with Crippen molar-refractivity contribution in [1.82, 2.24) is 25.8 Å². The predicted octanol–water partition coefficient (Wildman–Crippen LogP) is 0.280. The minimum Gasteiger partial charge on any atom is -0.341 e. The third-order valence-electron chi connectivity index (χ3n) is 7.43. The fourth-order valence-electron chi connectivity index (χ4n) is 5.49. The number of benzene rings is 1. The Bertz CT molecular complexity index is 966. The number of carbonyl (C=O) groups excluding carboxylic acids is 4. The van der Waals surface area contributed by atoms with Crippen LogP contribution in [0.4, 0.5) is 0 Å². The number of amides is 4. The Morgan fingerprint density at radius 2 is 1.91 bits per heavy atom. The van der Waals surface area contributed by atoms with Gasteiger partial charge in [-0.3, -0.25) is 24.5 Å². The first kappa shape index (κ1) is 22.0. The van der Waals surface area contributed by atoms with E-state index in [0.29, 0.717) is 31.1 Å². The second-order valence-electron chi connectivity index (χ2n) is 9.47. The van der Waals surface area contributed by atoms with Crippen molar-refractivity contribution in [3.8, 4) is 0 Å². The lowest BCUT2D eigenvalue weighted by Gasteiger charge is -2.34. The van der Waals surface area contributed by atoms with E-state index in [2.05, 4.69) is 16.0 Å². The molecule has 3 saturated heterocycles. The fourth-order valence-corrected chi connectivity index (χ4v) is 5.49. The number of likely N-dealkylation sites (tertiary alicyclic amines) is 1. The van der Waals surface area contributed by atoms with Crippen molar-refractivity contribution in [2.24, 2.45) is 0 Å². The highest BCUT2D eigenvalue weighted by molar-refractivity contribution is 6.05. The van der Waals surface area contributed by atoms with E-state index in [9.17, 15) is 19.2 Å². The molecule has 3 fully saturated rings. The number of hydrogen-bond acceptors (Lipinski definition) is 6. The number of piperidine rings is 2. The molecule has 0 aliphatic carbocycles. The van der Waals surface area contributed by atoms with Crippen molar-refractivity contribution in [3.05, 3.63) is 34.9 Å². The minimum absolute atomic E-state index is 0.00809. The van der Waals surface area contributed by atoms with Crippen LogP contribution in [0.25, 0.3) is 0 Å². The zero-order valence-electron chi connectivity index (χ0n) is 18.8.